The van der Waals surface area contributed by atoms with Crippen LogP contribution < -0.4 is 0 Å². The molecule has 2 aromatic rings. The van der Waals surface area contributed by atoms with Gasteiger partial charge in [0.05, 0.1) is 6.54 Å². The van der Waals surface area contributed by atoms with Crippen molar-refractivity contribution in [3.63, 3.8) is 0 Å². The molecule has 0 atom stereocenters. The molecular weight excluding hydrogens is 302 g/mol. The predicted octanol–water partition coefficient (Wildman–Crippen LogP) is 6.60. The van der Waals surface area contributed by atoms with Crippen molar-refractivity contribution in [2.75, 3.05) is 6.54 Å². The molecule has 0 amide bonds. The van der Waals surface area contributed by atoms with E-state index in [9.17, 15) is 0 Å². The molecule has 1 aliphatic heterocycles. The van der Waals surface area contributed by atoms with Crippen LogP contribution >= 0.6 is 0 Å². The number of rotatable bonds is 2. The van der Waals surface area contributed by atoms with Crippen molar-refractivity contribution >= 4 is 11.8 Å². The molecular formula is C24H29N. The maximum atomic E-state index is 4.15. The van der Waals surface area contributed by atoms with E-state index < -0.39 is 0 Å². The molecule has 130 valence electrons. The third-order valence-electron chi connectivity index (χ3n) is 3.75. The fraction of sp³-hybridized carbons (Fsp3) is 0.208. The van der Waals surface area contributed by atoms with Crippen molar-refractivity contribution in [2.45, 2.75) is 27.7 Å². The quantitative estimate of drug-likeness (QED) is 0.550. The molecule has 3 rings (SSSR count). The van der Waals surface area contributed by atoms with Gasteiger partial charge in [-0.05, 0) is 38.8 Å². The topological polar surface area (TPSA) is 12.4 Å². The van der Waals surface area contributed by atoms with Gasteiger partial charge >= 0.3 is 0 Å². The fourth-order valence-electron chi connectivity index (χ4n) is 1.95. The van der Waals surface area contributed by atoms with Crippen LogP contribution in [-0.4, -0.2) is 12.8 Å². The molecule has 1 nitrogen and oxygen atoms in total. The van der Waals surface area contributed by atoms with Gasteiger partial charge in [-0.15, -0.1) is 0 Å². The van der Waals surface area contributed by atoms with Crippen molar-refractivity contribution in [2.24, 2.45) is 4.99 Å². The molecule has 0 radical (unpaired) electrons. The SMILES string of the molecule is C=C/C(C)=C\C.Cc1ccc(C2=CCN=C2)cc1.Cc1ccccc1. The first-order valence-electron chi connectivity index (χ1n) is 8.61. The van der Waals surface area contributed by atoms with Gasteiger partial charge in [0.25, 0.3) is 0 Å². The van der Waals surface area contributed by atoms with Gasteiger partial charge < -0.3 is 0 Å². The summed E-state index contributed by atoms with van der Waals surface area (Å²) in [6.07, 6.45) is 7.93. The average Bonchev–Trinajstić information content (AvgIpc) is 3.18. The van der Waals surface area contributed by atoms with E-state index in [4.69, 9.17) is 0 Å². The Kier molecular flexibility index (Phi) is 9.62. The first-order valence-corrected chi connectivity index (χ1v) is 8.61. The van der Waals surface area contributed by atoms with Gasteiger partial charge in [0.2, 0.25) is 0 Å². The predicted molar refractivity (Wildman–Crippen MR) is 113 cm³/mol. The summed E-state index contributed by atoms with van der Waals surface area (Å²) >= 11 is 0. The summed E-state index contributed by atoms with van der Waals surface area (Å²) in [7, 11) is 0. The molecule has 0 aliphatic carbocycles. The lowest BCUT2D eigenvalue weighted by Gasteiger charge is -1.98. The molecule has 0 N–H and O–H groups in total. The number of aryl methyl sites for hydroxylation is 2. The highest BCUT2D eigenvalue weighted by atomic mass is 14.7. The normalized spacial score (nSPS) is 12.3. The van der Waals surface area contributed by atoms with Gasteiger partial charge in [-0.3, -0.25) is 4.99 Å². The van der Waals surface area contributed by atoms with Crippen LogP contribution in [0.4, 0.5) is 0 Å². The van der Waals surface area contributed by atoms with E-state index in [-0.39, 0.29) is 0 Å². The van der Waals surface area contributed by atoms with Gasteiger partial charge in [0.15, 0.2) is 0 Å². The van der Waals surface area contributed by atoms with Crippen molar-refractivity contribution in [1.29, 1.82) is 0 Å². The van der Waals surface area contributed by atoms with Crippen LogP contribution in [0.2, 0.25) is 0 Å². The summed E-state index contributed by atoms with van der Waals surface area (Å²) < 4.78 is 0. The van der Waals surface area contributed by atoms with E-state index in [1.807, 2.05) is 50.4 Å². The molecule has 0 fully saturated rings. The number of aliphatic imine (C=N–C) groups is 1. The molecule has 1 aliphatic rings. The van der Waals surface area contributed by atoms with Crippen LogP contribution in [-0.2, 0) is 0 Å². The molecule has 25 heavy (non-hydrogen) atoms. The van der Waals surface area contributed by atoms with Gasteiger partial charge in [-0.2, -0.15) is 0 Å². The minimum Gasteiger partial charge on any atom is -0.288 e. The maximum Gasteiger partial charge on any atom is 0.0580 e. The van der Waals surface area contributed by atoms with Gasteiger partial charge in [0, 0.05) is 6.21 Å². The number of nitrogens with zero attached hydrogens (tertiary/aromatic N) is 1. The van der Waals surface area contributed by atoms with Crippen molar-refractivity contribution in [3.8, 4) is 0 Å². The van der Waals surface area contributed by atoms with E-state index in [1.54, 1.807) is 0 Å². The van der Waals surface area contributed by atoms with Crippen LogP contribution in [0, 0.1) is 13.8 Å². The molecule has 0 bridgehead atoms. The number of hydrogen-bond acceptors (Lipinski definition) is 1. The van der Waals surface area contributed by atoms with Crippen LogP contribution in [0.15, 0.2) is 90.0 Å². The summed E-state index contributed by atoms with van der Waals surface area (Å²) in [6, 6.07) is 18.8. The van der Waals surface area contributed by atoms with Crippen LogP contribution in [0.3, 0.4) is 0 Å². The maximum absolute atomic E-state index is 4.15. The summed E-state index contributed by atoms with van der Waals surface area (Å²) in [5.74, 6) is 0. The molecule has 0 saturated carbocycles. The molecule has 0 spiro atoms. The Morgan fingerprint density at radius 3 is 1.92 bits per heavy atom. The minimum atomic E-state index is 0.837. The smallest absolute Gasteiger partial charge is 0.0580 e. The monoisotopic (exact) mass is 331 g/mol. The summed E-state index contributed by atoms with van der Waals surface area (Å²) in [5, 5.41) is 0. The molecule has 2 aromatic carbocycles. The van der Waals surface area contributed by atoms with Crippen molar-refractivity contribution < 1.29 is 0 Å². The highest BCUT2D eigenvalue weighted by molar-refractivity contribution is 6.11. The molecule has 0 aromatic heterocycles. The largest absolute Gasteiger partial charge is 0.288 e. The number of allylic oxidation sites excluding steroid dienone is 4. The minimum absolute atomic E-state index is 0.837. The summed E-state index contributed by atoms with van der Waals surface area (Å²) in [6.45, 7) is 12.6. The zero-order valence-electron chi connectivity index (χ0n) is 15.9. The number of benzene rings is 2. The fourth-order valence-corrected chi connectivity index (χ4v) is 1.95. The third kappa shape index (κ3) is 8.66. The van der Waals surface area contributed by atoms with Crippen LogP contribution in [0.1, 0.15) is 30.5 Å². The highest BCUT2D eigenvalue weighted by Gasteiger charge is 2.00. The summed E-state index contributed by atoms with van der Waals surface area (Å²) in [5.41, 5.74) is 6.36. The molecule has 0 saturated heterocycles. The Balaban J connectivity index is 0.000000207. The van der Waals surface area contributed by atoms with Crippen molar-refractivity contribution in [3.05, 3.63) is 102 Å². The molecule has 1 heteroatoms. The Morgan fingerprint density at radius 2 is 1.56 bits per heavy atom. The Labute approximate surface area is 153 Å². The molecule has 1 heterocycles. The van der Waals surface area contributed by atoms with Crippen LogP contribution in [0.5, 0.6) is 0 Å². The van der Waals surface area contributed by atoms with E-state index in [2.05, 4.69) is 67.9 Å². The zero-order chi connectivity index (χ0) is 18.5. The summed E-state index contributed by atoms with van der Waals surface area (Å²) in [4.78, 5) is 4.15. The Bertz CT molecular complexity index is 716. The van der Waals surface area contributed by atoms with E-state index >= 15 is 0 Å². The molecule has 0 unspecified atom stereocenters. The second kappa shape index (κ2) is 11.8. The first-order chi connectivity index (χ1) is 12.1. The Hall–Kier alpha value is -2.67. The third-order valence-corrected chi connectivity index (χ3v) is 3.75. The second-order valence-electron chi connectivity index (χ2n) is 5.91. The number of hydrogen-bond donors (Lipinski definition) is 0. The van der Waals surface area contributed by atoms with E-state index in [0.717, 1.165) is 6.54 Å². The zero-order valence-corrected chi connectivity index (χ0v) is 15.9. The van der Waals surface area contributed by atoms with Gasteiger partial charge in [-0.1, -0.05) is 96.1 Å². The van der Waals surface area contributed by atoms with Gasteiger partial charge in [0.1, 0.15) is 0 Å². The van der Waals surface area contributed by atoms with Gasteiger partial charge in [-0.25, -0.2) is 0 Å². The Morgan fingerprint density at radius 1 is 0.960 bits per heavy atom. The average molecular weight is 332 g/mol. The lowest BCUT2D eigenvalue weighted by molar-refractivity contribution is 1.29. The lowest BCUT2D eigenvalue weighted by Crippen LogP contribution is -1.82. The second-order valence-corrected chi connectivity index (χ2v) is 5.91. The van der Waals surface area contributed by atoms with E-state index in [1.165, 1.54) is 27.8 Å². The van der Waals surface area contributed by atoms with Crippen molar-refractivity contribution in [1.82, 2.24) is 0 Å². The van der Waals surface area contributed by atoms with Crippen LogP contribution in [0.25, 0.3) is 5.57 Å². The lowest BCUT2D eigenvalue weighted by atomic mass is 10.1. The highest BCUT2D eigenvalue weighted by Crippen LogP contribution is 2.15. The first kappa shape index (κ1) is 20.4. The standard InChI is InChI=1S/C11H11N.C7H8.C6H10/c1-9-2-4-10(5-3-9)11-6-7-12-8-11;1-7-5-3-2-4-6-7;1-4-6(3)5-2/h2-6,8H,7H2,1H3;2-6H,1H3;4-5H,1H2,2-3H3/b;;6-5-. The van der Waals surface area contributed by atoms with E-state index in [0.29, 0.717) is 0 Å².